The van der Waals surface area contributed by atoms with Crippen LogP contribution < -0.4 is 5.73 Å². The average Bonchev–Trinajstić information content (AvgIpc) is 3.41. The van der Waals surface area contributed by atoms with E-state index in [1.807, 2.05) is 0 Å². The lowest BCUT2D eigenvalue weighted by molar-refractivity contribution is -0.161. The second-order valence-electron chi connectivity index (χ2n) is 19.5. The van der Waals surface area contributed by atoms with E-state index in [0.717, 1.165) is 116 Å². The Kier molecular flexibility index (Phi) is 57.3. The molecule has 0 rings (SSSR count). The zero-order valence-corrected chi connectivity index (χ0v) is 49.1. The largest absolute Gasteiger partial charge is 0.472 e. The molecule has 0 aromatic carbocycles. The lowest BCUT2D eigenvalue weighted by Gasteiger charge is -2.19. The lowest BCUT2D eigenvalue weighted by Crippen LogP contribution is -2.29. The molecule has 0 fully saturated rings. The number of carbonyl (C=O) groups excluding carboxylic acids is 2. The fourth-order valence-corrected chi connectivity index (χ4v) is 8.64. The summed E-state index contributed by atoms with van der Waals surface area (Å²) in [5, 5.41) is 0. The summed E-state index contributed by atoms with van der Waals surface area (Å²) in [6, 6.07) is 0. The van der Waals surface area contributed by atoms with Gasteiger partial charge in [-0.05, 0) is 96.3 Å². The number of phosphoric acid groups is 1. The summed E-state index contributed by atoms with van der Waals surface area (Å²) < 4.78 is 33.0. The van der Waals surface area contributed by atoms with Crippen LogP contribution in [0.15, 0.2) is 134 Å². The third kappa shape index (κ3) is 59.4. The minimum Gasteiger partial charge on any atom is -0.462 e. The highest BCUT2D eigenvalue weighted by molar-refractivity contribution is 7.47. The third-order valence-electron chi connectivity index (χ3n) is 12.3. The molecule has 3 N–H and O–H groups in total. The van der Waals surface area contributed by atoms with Gasteiger partial charge in [-0.15, -0.1) is 0 Å². The van der Waals surface area contributed by atoms with Crippen LogP contribution in [-0.2, 0) is 32.7 Å². The van der Waals surface area contributed by atoms with Crippen molar-refractivity contribution in [2.75, 3.05) is 26.4 Å². The number of phosphoric ester groups is 1. The first-order chi connectivity index (χ1) is 37.3. The number of allylic oxidation sites excluding steroid dienone is 22. The van der Waals surface area contributed by atoms with E-state index >= 15 is 0 Å². The van der Waals surface area contributed by atoms with Crippen LogP contribution in [0.1, 0.15) is 239 Å². The van der Waals surface area contributed by atoms with Gasteiger partial charge >= 0.3 is 19.8 Å². The molecule has 0 radical (unpaired) electrons. The van der Waals surface area contributed by atoms with E-state index in [2.05, 4.69) is 148 Å². The highest BCUT2D eigenvalue weighted by Crippen LogP contribution is 2.43. The van der Waals surface area contributed by atoms with Crippen LogP contribution in [0.2, 0.25) is 0 Å². The van der Waals surface area contributed by atoms with Crippen LogP contribution >= 0.6 is 7.82 Å². The van der Waals surface area contributed by atoms with Crippen molar-refractivity contribution in [2.45, 2.75) is 245 Å². The monoisotopic (exact) mass is 1080 g/mol. The smallest absolute Gasteiger partial charge is 0.462 e. The molecule has 0 aromatic heterocycles. The summed E-state index contributed by atoms with van der Waals surface area (Å²) in [7, 11) is -4.39. The topological polar surface area (TPSA) is 134 Å². The molecule has 9 nitrogen and oxygen atoms in total. The minimum absolute atomic E-state index is 0.0466. The predicted molar refractivity (Wildman–Crippen MR) is 325 cm³/mol. The molecule has 76 heavy (non-hydrogen) atoms. The number of carbonyl (C=O) groups is 2. The summed E-state index contributed by atoms with van der Waals surface area (Å²) in [5.74, 6) is -0.844. The molecule has 10 heteroatoms. The second kappa shape index (κ2) is 60.4. The Morgan fingerprint density at radius 2 is 0.724 bits per heavy atom. The Balaban J connectivity index is 3.99. The Hall–Kier alpha value is -3.85. The first-order valence-electron chi connectivity index (χ1n) is 30.2. The summed E-state index contributed by atoms with van der Waals surface area (Å²) in [4.78, 5) is 35.1. The Bertz CT molecular complexity index is 1700. The summed E-state index contributed by atoms with van der Waals surface area (Å²) in [6.45, 7) is 3.61. The lowest BCUT2D eigenvalue weighted by atomic mass is 10.0. The van der Waals surface area contributed by atoms with Gasteiger partial charge in [-0.25, -0.2) is 4.57 Å². The Labute approximate surface area is 465 Å². The number of ether oxygens (including phenoxy) is 2. The number of nitrogens with two attached hydrogens (primary N) is 1. The molecular weight excluding hydrogens is 966 g/mol. The molecule has 2 unspecified atom stereocenters. The fourth-order valence-electron chi connectivity index (χ4n) is 7.88. The number of hydrogen-bond acceptors (Lipinski definition) is 8. The number of rotatable bonds is 55. The molecule has 0 amide bonds. The first kappa shape index (κ1) is 72.2. The molecule has 0 bridgehead atoms. The first-order valence-corrected chi connectivity index (χ1v) is 31.7. The van der Waals surface area contributed by atoms with Crippen molar-refractivity contribution >= 4 is 19.8 Å². The fraction of sp³-hybridized carbons (Fsp3) is 0.636. The van der Waals surface area contributed by atoms with Gasteiger partial charge in [-0.3, -0.25) is 18.6 Å². The molecule has 2 atom stereocenters. The van der Waals surface area contributed by atoms with Gasteiger partial charge in [-0.1, -0.05) is 263 Å². The molecule has 0 saturated carbocycles. The van der Waals surface area contributed by atoms with Gasteiger partial charge in [0, 0.05) is 19.4 Å². The quantitative estimate of drug-likeness (QED) is 0.0264. The van der Waals surface area contributed by atoms with E-state index in [-0.39, 0.29) is 38.6 Å². The number of esters is 2. The molecule has 432 valence electrons. The number of unbranched alkanes of at least 4 members (excludes halogenated alkanes) is 20. The van der Waals surface area contributed by atoms with Crippen molar-refractivity contribution in [1.82, 2.24) is 0 Å². The van der Waals surface area contributed by atoms with Crippen molar-refractivity contribution in [3.63, 3.8) is 0 Å². The SMILES string of the molecule is CC/C=C\C/C=C\C/C=C\C/C=C\C/C=C\C/C=C\C/C=C\C/C=C\C/C=C\C/C=C\C/C=C\CCCCCCCCCC(=O)OC(COC(=O)CCCCCCCCCCCCCCCC)COP(=O)(O)OCCN. The van der Waals surface area contributed by atoms with Gasteiger partial charge in [-0.2, -0.15) is 0 Å². The van der Waals surface area contributed by atoms with Crippen LogP contribution in [0.4, 0.5) is 0 Å². The van der Waals surface area contributed by atoms with E-state index in [1.54, 1.807) is 0 Å². The van der Waals surface area contributed by atoms with E-state index in [4.69, 9.17) is 24.3 Å². The molecule has 0 aliphatic carbocycles. The molecule has 0 aliphatic heterocycles. The highest BCUT2D eigenvalue weighted by atomic mass is 31.2. The maximum atomic E-state index is 12.7. The van der Waals surface area contributed by atoms with Crippen LogP contribution in [-0.4, -0.2) is 49.3 Å². The van der Waals surface area contributed by atoms with Gasteiger partial charge in [0.1, 0.15) is 6.61 Å². The molecule has 0 saturated heterocycles. The summed E-state index contributed by atoms with van der Waals surface area (Å²) in [5.41, 5.74) is 5.37. The van der Waals surface area contributed by atoms with Gasteiger partial charge in [0.2, 0.25) is 0 Å². The van der Waals surface area contributed by atoms with Crippen molar-refractivity contribution in [1.29, 1.82) is 0 Å². The molecule has 0 aromatic rings. The van der Waals surface area contributed by atoms with Crippen molar-refractivity contribution in [2.24, 2.45) is 5.73 Å². The Morgan fingerprint density at radius 3 is 1.08 bits per heavy atom. The van der Waals surface area contributed by atoms with Crippen molar-refractivity contribution in [3.8, 4) is 0 Å². The zero-order valence-electron chi connectivity index (χ0n) is 48.2. The van der Waals surface area contributed by atoms with Crippen LogP contribution in [0, 0.1) is 0 Å². The minimum atomic E-state index is -4.39. The van der Waals surface area contributed by atoms with Crippen LogP contribution in [0.3, 0.4) is 0 Å². The maximum Gasteiger partial charge on any atom is 0.472 e. The van der Waals surface area contributed by atoms with Gasteiger partial charge in [0.05, 0.1) is 13.2 Å². The van der Waals surface area contributed by atoms with E-state index in [1.165, 1.54) is 89.9 Å². The molecular formula is C66H110NO8P. The van der Waals surface area contributed by atoms with E-state index < -0.39 is 26.5 Å². The maximum absolute atomic E-state index is 12.7. The van der Waals surface area contributed by atoms with Crippen LogP contribution in [0.25, 0.3) is 0 Å². The average molecular weight is 1080 g/mol. The van der Waals surface area contributed by atoms with E-state index in [0.29, 0.717) is 6.42 Å². The zero-order chi connectivity index (χ0) is 55.2. The standard InChI is InChI=1S/C66H110NO8P/c1-3-5-7-9-11-13-15-17-19-20-21-22-23-24-25-26-27-28-29-30-31-32-33-34-35-36-37-38-39-40-41-42-43-44-45-47-49-51-53-55-57-59-66(69)75-64(63-74-76(70,71)73-61-60-67)62-72-65(68)58-56-54-52-50-48-46-18-16-14-12-10-8-6-4-2/h5,7,11,13,17,19,21-22,24-25,27-28,30-31,33-34,36-37,39-40,42-43,64H,3-4,6,8-10,12,14-16,18,20,23,26,29,32,35,38,41,44-63,67H2,1-2H3,(H,70,71)/b7-5-,13-11-,19-17-,22-21-,25-24-,28-27-,31-30-,34-33-,37-36-,40-39-,43-42-. The second-order valence-corrected chi connectivity index (χ2v) is 20.9. The van der Waals surface area contributed by atoms with Crippen molar-refractivity contribution in [3.05, 3.63) is 134 Å². The highest BCUT2D eigenvalue weighted by Gasteiger charge is 2.26. The summed E-state index contributed by atoms with van der Waals surface area (Å²) >= 11 is 0. The molecule has 0 heterocycles. The molecule has 0 spiro atoms. The van der Waals surface area contributed by atoms with Gasteiger partial charge in [0.15, 0.2) is 6.10 Å². The van der Waals surface area contributed by atoms with Gasteiger partial charge in [0.25, 0.3) is 0 Å². The normalized spacial score (nSPS) is 14.0. The number of hydrogen-bond donors (Lipinski definition) is 2. The summed E-state index contributed by atoms with van der Waals surface area (Å²) in [6.07, 6.45) is 85.1. The molecule has 0 aliphatic rings. The van der Waals surface area contributed by atoms with Gasteiger partial charge < -0.3 is 20.1 Å². The van der Waals surface area contributed by atoms with Crippen molar-refractivity contribution < 1.29 is 37.6 Å². The van der Waals surface area contributed by atoms with E-state index in [9.17, 15) is 19.0 Å². The van der Waals surface area contributed by atoms with Crippen LogP contribution in [0.5, 0.6) is 0 Å². The predicted octanol–water partition coefficient (Wildman–Crippen LogP) is 19.3. The third-order valence-corrected chi connectivity index (χ3v) is 13.3. The Morgan fingerprint density at radius 1 is 0.408 bits per heavy atom.